The van der Waals surface area contributed by atoms with Crippen LogP contribution in [0.4, 0.5) is 5.69 Å². The summed E-state index contributed by atoms with van der Waals surface area (Å²) in [6.07, 6.45) is 0. The Kier molecular flexibility index (Phi) is 5.21. The molecule has 31 heavy (non-hydrogen) atoms. The van der Waals surface area contributed by atoms with E-state index in [0.717, 1.165) is 5.56 Å². The summed E-state index contributed by atoms with van der Waals surface area (Å²) >= 11 is 0. The number of ether oxygens (including phenoxy) is 1. The first kappa shape index (κ1) is 20.2. The molecule has 1 fully saturated rings. The number of nitrogens with zero attached hydrogens (tertiary/aromatic N) is 1. The Morgan fingerprint density at radius 1 is 0.968 bits per heavy atom. The van der Waals surface area contributed by atoms with Gasteiger partial charge in [0.2, 0.25) is 0 Å². The molecular formula is C25H21NO5. The summed E-state index contributed by atoms with van der Waals surface area (Å²) in [5.41, 5.74) is 2.22. The molecule has 3 aromatic carbocycles. The number of benzene rings is 3. The zero-order chi connectivity index (χ0) is 22.1. The van der Waals surface area contributed by atoms with Crippen LogP contribution in [0.5, 0.6) is 11.5 Å². The Morgan fingerprint density at radius 2 is 1.68 bits per heavy atom. The highest BCUT2D eigenvalue weighted by atomic mass is 16.5. The number of Topliss-reactive ketones (excluding diaryl/α,β-unsaturated/α-hetero) is 1. The van der Waals surface area contributed by atoms with E-state index in [-0.39, 0.29) is 17.1 Å². The standard InChI is InChI=1S/C25H21NO5/c1-15-6-3-4-9-20(15)26-22(17-7-5-8-18(27)14-17)21(24(29)25(26)30)23(28)16-10-12-19(31-2)13-11-16/h3-14,22,27-28H,1-2H3/b23-21-. The topological polar surface area (TPSA) is 87.1 Å². The maximum Gasteiger partial charge on any atom is 0.300 e. The number of anilines is 1. The molecule has 0 aromatic heterocycles. The van der Waals surface area contributed by atoms with Crippen molar-refractivity contribution in [2.24, 2.45) is 0 Å². The lowest BCUT2D eigenvalue weighted by molar-refractivity contribution is -0.132. The van der Waals surface area contributed by atoms with Gasteiger partial charge in [-0.15, -0.1) is 0 Å². The van der Waals surface area contributed by atoms with E-state index in [1.54, 1.807) is 48.5 Å². The fourth-order valence-corrected chi connectivity index (χ4v) is 3.83. The van der Waals surface area contributed by atoms with Crippen molar-refractivity contribution in [1.82, 2.24) is 0 Å². The molecule has 0 radical (unpaired) electrons. The largest absolute Gasteiger partial charge is 0.508 e. The second-order valence-electron chi connectivity index (χ2n) is 7.28. The fraction of sp³-hybridized carbons (Fsp3) is 0.120. The third-order valence-corrected chi connectivity index (χ3v) is 5.37. The van der Waals surface area contributed by atoms with Gasteiger partial charge >= 0.3 is 0 Å². The van der Waals surface area contributed by atoms with Crippen molar-refractivity contribution in [2.75, 3.05) is 12.0 Å². The SMILES string of the molecule is COc1ccc(/C(O)=C2/C(=O)C(=O)N(c3ccccc3C)C2c2cccc(O)c2)cc1. The van der Waals surface area contributed by atoms with Crippen LogP contribution in [-0.2, 0) is 9.59 Å². The molecule has 0 aliphatic carbocycles. The lowest BCUT2D eigenvalue weighted by Crippen LogP contribution is -2.30. The number of aryl methyl sites for hydroxylation is 1. The smallest absolute Gasteiger partial charge is 0.300 e. The molecule has 1 unspecified atom stereocenters. The third-order valence-electron chi connectivity index (χ3n) is 5.37. The summed E-state index contributed by atoms with van der Waals surface area (Å²) in [6, 6.07) is 19.2. The van der Waals surface area contributed by atoms with E-state index in [2.05, 4.69) is 0 Å². The second-order valence-corrected chi connectivity index (χ2v) is 7.28. The van der Waals surface area contributed by atoms with Crippen molar-refractivity contribution in [3.8, 4) is 11.5 Å². The van der Waals surface area contributed by atoms with Crippen molar-refractivity contribution in [3.05, 3.63) is 95.1 Å². The number of hydrogen-bond donors (Lipinski definition) is 2. The highest BCUT2D eigenvalue weighted by Gasteiger charge is 2.47. The average Bonchev–Trinajstić information content (AvgIpc) is 3.04. The van der Waals surface area contributed by atoms with Crippen LogP contribution >= 0.6 is 0 Å². The van der Waals surface area contributed by atoms with Crippen LogP contribution in [0.3, 0.4) is 0 Å². The summed E-state index contributed by atoms with van der Waals surface area (Å²) in [4.78, 5) is 27.6. The summed E-state index contributed by atoms with van der Waals surface area (Å²) in [5, 5.41) is 21.1. The molecule has 0 saturated carbocycles. The lowest BCUT2D eigenvalue weighted by atomic mass is 9.94. The minimum Gasteiger partial charge on any atom is -0.508 e. The molecule has 0 bridgehead atoms. The Hall–Kier alpha value is -4.06. The van der Waals surface area contributed by atoms with E-state index in [0.29, 0.717) is 22.6 Å². The minimum atomic E-state index is -0.893. The summed E-state index contributed by atoms with van der Waals surface area (Å²) in [5.74, 6) is -1.22. The maximum atomic E-state index is 13.1. The molecule has 1 heterocycles. The number of aromatic hydroxyl groups is 1. The fourth-order valence-electron chi connectivity index (χ4n) is 3.83. The molecular weight excluding hydrogens is 394 g/mol. The zero-order valence-corrected chi connectivity index (χ0v) is 17.1. The number of phenolic OH excluding ortho intramolecular Hbond substituents is 1. The molecule has 0 spiro atoms. The molecule has 1 saturated heterocycles. The number of carbonyl (C=O) groups is 2. The van der Waals surface area contributed by atoms with Crippen molar-refractivity contribution < 1.29 is 24.5 Å². The van der Waals surface area contributed by atoms with E-state index >= 15 is 0 Å². The van der Waals surface area contributed by atoms with Gasteiger partial charge in [-0.05, 0) is 60.5 Å². The molecule has 2 N–H and O–H groups in total. The number of methoxy groups -OCH3 is 1. The van der Waals surface area contributed by atoms with Gasteiger partial charge in [-0.1, -0.05) is 30.3 Å². The van der Waals surface area contributed by atoms with Gasteiger partial charge in [-0.25, -0.2) is 0 Å². The number of ketones is 1. The van der Waals surface area contributed by atoms with Gasteiger partial charge in [-0.3, -0.25) is 14.5 Å². The first-order valence-electron chi connectivity index (χ1n) is 9.72. The van der Waals surface area contributed by atoms with Crippen LogP contribution in [0.15, 0.2) is 78.4 Å². The molecule has 1 atom stereocenters. The number of para-hydroxylation sites is 1. The monoisotopic (exact) mass is 415 g/mol. The predicted octanol–water partition coefficient (Wildman–Crippen LogP) is 4.34. The zero-order valence-electron chi connectivity index (χ0n) is 17.1. The highest BCUT2D eigenvalue weighted by Crippen LogP contribution is 2.43. The minimum absolute atomic E-state index is 0.00248. The molecule has 4 rings (SSSR count). The van der Waals surface area contributed by atoms with Crippen molar-refractivity contribution in [1.29, 1.82) is 0 Å². The van der Waals surface area contributed by atoms with Crippen molar-refractivity contribution in [3.63, 3.8) is 0 Å². The number of carbonyl (C=O) groups excluding carboxylic acids is 2. The van der Waals surface area contributed by atoms with Gasteiger partial charge in [0.15, 0.2) is 0 Å². The highest BCUT2D eigenvalue weighted by molar-refractivity contribution is 6.51. The third kappa shape index (κ3) is 3.53. The predicted molar refractivity (Wildman–Crippen MR) is 117 cm³/mol. The number of amides is 1. The van der Waals surface area contributed by atoms with Gasteiger partial charge in [0.1, 0.15) is 17.3 Å². The number of aliphatic hydroxyl groups is 1. The second kappa shape index (κ2) is 7.99. The van der Waals surface area contributed by atoms with Gasteiger partial charge in [-0.2, -0.15) is 0 Å². The Balaban J connectivity index is 1.95. The molecule has 1 aliphatic heterocycles. The molecule has 1 aliphatic rings. The number of rotatable bonds is 4. The van der Waals surface area contributed by atoms with Gasteiger partial charge in [0.25, 0.3) is 11.7 Å². The molecule has 6 heteroatoms. The lowest BCUT2D eigenvalue weighted by Gasteiger charge is -2.26. The van der Waals surface area contributed by atoms with E-state index < -0.39 is 17.7 Å². The normalized spacial score (nSPS) is 17.7. The maximum absolute atomic E-state index is 13.1. The van der Waals surface area contributed by atoms with Crippen LogP contribution in [0, 0.1) is 6.92 Å². The van der Waals surface area contributed by atoms with E-state index in [9.17, 15) is 19.8 Å². The molecule has 1 amide bonds. The van der Waals surface area contributed by atoms with Gasteiger partial charge in [0.05, 0.1) is 18.7 Å². The van der Waals surface area contributed by atoms with Crippen LogP contribution in [0.2, 0.25) is 0 Å². The number of aliphatic hydroxyl groups excluding tert-OH is 1. The number of hydrogen-bond acceptors (Lipinski definition) is 5. The van der Waals surface area contributed by atoms with Gasteiger partial charge < -0.3 is 14.9 Å². The summed E-state index contributed by atoms with van der Waals surface area (Å²) in [7, 11) is 1.53. The molecule has 156 valence electrons. The molecule has 3 aromatic rings. The first-order valence-corrected chi connectivity index (χ1v) is 9.72. The van der Waals surface area contributed by atoms with Crippen molar-refractivity contribution >= 4 is 23.1 Å². The Morgan fingerprint density at radius 3 is 2.32 bits per heavy atom. The van der Waals surface area contributed by atoms with Crippen LogP contribution in [-0.4, -0.2) is 29.0 Å². The van der Waals surface area contributed by atoms with Crippen LogP contribution in [0.1, 0.15) is 22.7 Å². The van der Waals surface area contributed by atoms with Gasteiger partial charge in [0, 0.05) is 11.3 Å². The molecule has 6 nitrogen and oxygen atoms in total. The van der Waals surface area contributed by atoms with Crippen molar-refractivity contribution in [2.45, 2.75) is 13.0 Å². The summed E-state index contributed by atoms with van der Waals surface area (Å²) < 4.78 is 5.15. The Bertz CT molecular complexity index is 1200. The quantitative estimate of drug-likeness (QED) is 0.376. The van der Waals surface area contributed by atoms with E-state index in [1.807, 2.05) is 19.1 Å². The van der Waals surface area contributed by atoms with E-state index in [4.69, 9.17) is 4.74 Å². The Labute approximate surface area is 179 Å². The average molecular weight is 415 g/mol. The van der Waals surface area contributed by atoms with Crippen LogP contribution < -0.4 is 9.64 Å². The number of phenols is 1. The summed E-state index contributed by atoms with van der Waals surface area (Å²) in [6.45, 7) is 1.84. The van der Waals surface area contributed by atoms with Crippen LogP contribution in [0.25, 0.3) is 5.76 Å². The van der Waals surface area contributed by atoms with E-state index in [1.165, 1.54) is 24.1 Å². The first-order chi connectivity index (χ1) is 14.9.